The minimum atomic E-state index is -0.392. The van der Waals surface area contributed by atoms with E-state index >= 15 is 0 Å². The molecule has 0 aromatic carbocycles. The number of carbonyl (C=O) groups is 2. The summed E-state index contributed by atoms with van der Waals surface area (Å²) < 4.78 is 2.42. The minimum absolute atomic E-state index is 0.237. The van der Waals surface area contributed by atoms with Gasteiger partial charge in [-0.05, 0) is 34.1 Å². The third kappa shape index (κ3) is 1.86. The van der Waals surface area contributed by atoms with E-state index in [0.29, 0.717) is 18.7 Å². The monoisotopic (exact) mass is 308 g/mol. The lowest BCUT2D eigenvalue weighted by Gasteiger charge is -2.26. The van der Waals surface area contributed by atoms with Crippen molar-refractivity contribution in [3.8, 4) is 0 Å². The summed E-state index contributed by atoms with van der Waals surface area (Å²) in [5.74, 6) is -0.237. The summed E-state index contributed by atoms with van der Waals surface area (Å²) in [4.78, 5) is 24.3. The molecule has 0 spiro atoms. The average Bonchev–Trinajstić information content (AvgIpc) is 2.68. The molecule has 6 nitrogen and oxygen atoms in total. The number of rotatable bonds is 1. The molecule has 3 heterocycles. The second-order valence-corrected chi connectivity index (χ2v) is 4.79. The molecule has 1 aliphatic rings. The molecule has 7 heteroatoms. The summed E-state index contributed by atoms with van der Waals surface area (Å²) in [7, 11) is 0. The Morgan fingerprint density at radius 1 is 1.33 bits per heavy atom. The molecule has 0 radical (unpaired) electrons. The molecule has 92 valence electrons. The zero-order valence-electron chi connectivity index (χ0n) is 9.26. The molecule has 0 atom stereocenters. The first-order valence-corrected chi connectivity index (χ1v) is 6.19. The van der Waals surface area contributed by atoms with Crippen molar-refractivity contribution in [3.05, 3.63) is 29.0 Å². The van der Waals surface area contributed by atoms with E-state index in [1.54, 1.807) is 10.7 Å². The molecule has 0 saturated carbocycles. The van der Waals surface area contributed by atoms with Crippen LogP contribution in [0.5, 0.6) is 0 Å². The summed E-state index contributed by atoms with van der Waals surface area (Å²) in [6.07, 6.45) is 2.07. The van der Waals surface area contributed by atoms with Crippen LogP contribution in [0.1, 0.15) is 6.42 Å². The number of carbonyl (C=O) groups excluding carboxylic acids is 2. The number of aromatic nitrogens is 2. The van der Waals surface area contributed by atoms with E-state index in [4.69, 9.17) is 0 Å². The van der Waals surface area contributed by atoms with E-state index < -0.39 is 6.03 Å². The van der Waals surface area contributed by atoms with Gasteiger partial charge in [-0.3, -0.25) is 15.0 Å². The van der Waals surface area contributed by atoms with Crippen molar-refractivity contribution in [2.45, 2.75) is 6.42 Å². The molecule has 18 heavy (non-hydrogen) atoms. The highest BCUT2D eigenvalue weighted by molar-refractivity contribution is 9.10. The van der Waals surface area contributed by atoms with Crippen molar-refractivity contribution in [1.82, 2.24) is 14.9 Å². The second-order valence-electron chi connectivity index (χ2n) is 3.98. The molecule has 1 fully saturated rings. The Labute approximate surface area is 111 Å². The Balaban J connectivity index is 1.98. The zero-order valence-corrected chi connectivity index (χ0v) is 10.8. The summed E-state index contributed by atoms with van der Waals surface area (Å²) in [5, 5.41) is 6.51. The van der Waals surface area contributed by atoms with Crippen molar-refractivity contribution in [3.63, 3.8) is 0 Å². The number of nitrogens with one attached hydrogen (secondary N) is 1. The molecule has 0 aliphatic carbocycles. The van der Waals surface area contributed by atoms with Crippen molar-refractivity contribution in [1.29, 1.82) is 0 Å². The third-order valence-corrected chi connectivity index (χ3v) is 3.17. The molecule has 2 aromatic rings. The lowest BCUT2D eigenvalue weighted by atomic mass is 10.2. The number of amides is 3. The van der Waals surface area contributed by atoms with Crippen LogP contribution in [0.4, 0.5) is 10.5 Å². The van der Waals surface area contributed by atoms with Gasteiger partial charge in [-0.2, -0.15) is 5.10 Å². The van der Waals surface area contributed by atoms with Gasteiger partial charge in [0.2, 0.25) is 5.91 Å². The fourth-order valence-corrected chi connectivity index (χ4v) is 2.32. The van der Waals surface area contributed by atoms with Gasteiger partial charge in [-0.1, -0.05) is 0 Å². The van der Waals surface area contributed by atoms with E-state index in [1.807, 2.05) is 18.2 Å². The molecule has 2 aromatic heterocycles. The van der Waals surface area contributed by atoms with Gasteiger partial charge in [0.25, 0.3) is 0 Å². The Hall–Kier alpha value is -1.89. The maximum Gasteiger partial charge on any atom is 0.328 e. The number of fused-ring (bicyclic) bond motifs is 1. The smallest absolute Gasteiger partial charge is 0.292 e. The van der Waals surface area contributed by atoms with Crippen molar-refractivity contribution in [2.75, 3.05) is 11.4 Å². The van der Waals surface area contributed by atoms with E-state index in [0.717, 1.165) is 10.1 Å². The van der Waals surface area contributed by atoms with Crippen LogP contribution in [0, 0.1) is 0 Å². The van der Waals surface area contributed by atoms with Crippen LogP contribution in [0.3, 0.4) is 0 Å². The maximum atomic E-state index is 11.7. The summed E-state index contributed by atoms with van der Waals surface area (Å²) in [6, 6.07) is 5.19. The first kappa shape index (κ1) is 11.2. The minimum Gasteiger partial charge on any atom is -0.292 e. The van der Waals surface area contributed by atoms with Gasteiger partial charge in [0, 0.05) is 13.0 Å². The number of hydrogen-bond acceptors (Lipinski definition) is 3. The van der Waals surface area contributed by atoms with Crippen molar-refractivity contribution in [2.24, 2.45) is 0 Å². The topological polar surface area (TPSA) is 66.7 Å². The molecular formula is C11H9BrN4O2. The second kappa shape index (κ2) is 4.09. The SMILES string of the molecule is O=C1CCN(c2ccc3cc(Br)nn3c2)C(=O)N1. The number of hydrogen-bond donors (Lipinski definition) is 1. The highest BCUT2D eigenvalue weighted by Crippen LogP contribution is 2.20. The Morgan fingerprint density at radius 3 is 2.94 bits per heavy atom. The van der Waals surface area contributed by atoms with E-state index in [1.165, 1.54) is 4.90 Å². The zero-order chi connectivity index (χ0) is 12.7. The van der Waals surface area contributed by atoms with Crippen LogP contribution in [-0.2, 0) is 4.79 Å². The number of pyridine rings is 1. The predicted octanol–water partition coefficient (Wildman–Crippen LogP) is 1.54. The summed E-state index contributed by atoms with van der Waals surface area (Å²) in [5.41, 5.74) is 1.64. The highest BCUT2D eigenvalue weighted by atomic mass is 79.9. The van der Waals surface area contributed by atoms with Crippen LogP contribution in [-0.4, -0.2) is 28.1 Å². The first-order valence-electron chi connectivity index (χ1n) is 5.40. The predicted molar refractivity (Wildman–Crippen MR) is 68.4 cm³/mol. The van der Waals surface area contributed by atoms with Gasteiger partial charge in [0.05, 0.1) is 17.4 Å². The molecular weight excluding hydrogens is 300 g/mol. The summed E-state index contributed by atoms with van der Waals surface area (Å²) in [6.45, 7) is 0.388. The number of anilines is 1. The van der Waals surface area contributed by atoms with Crippen LogP contribution in [0.25, 0.3) is 5.52 Å². The third-order valence-electron chi connectivity index (χ3n) is 2.78. The standard InChI is InChI=1S/C11H9BrN4O2/c12-9-5-7-1-2-8(6-16(7)14-9)15-4-3-10(17)13-11(15)18/h1-2,5-6H,3-4H2,(H,13,17,18). The Bertz CT molecular complexity index is 652. The van der Waals surface area contributed by atoms with Gasteiger partial charge in [0.1, 0.15) is 4.60 Å². The number of halogens is 1. The lowest BCUT2D eigenvalue weighted by molar-refractivity contribution is -0.120. The fourth-order valence-electron chi connectivity index (χ4n) is 1.91. The van der Waals surface area contributed by atoms with Crippen LogP contribution >= 0.6 is 15.9 Å². The number of nitrogens with zero attached hydrogens (tertiary/aromatic N) is 3. The summed E-state index contributed by atoms with van der Waals surface area (Å²) >= 11 is 3.30. The molecule has 1 aliphatic heterocycles. The van der Waals surface area contributed by atoms with Crippen LogP contribution < -0.4 is 10.2 Å². The lowest BCUT2D eigenvalue weighted by Crippen LogP contribution is -2.49. The van der Waals surface area contributed by atoms with Crippen molar-refractivity contribution >= 4 is 39.1 Å². The molecule has 1 N–H and O–H groups in total. The number of urea groups is 1. The molecule has 0 bridgehead atoms. The Morgan fingerprint density at radius 2 is 2.17 bits per heavy atom. The quantitative estimate of drug-likeness (QED) is 0.869. The fraction of sp³-hybridized carbons (Fsp3) is 0.182. The normalized spacial score (nSPS) is 16.2. The average molecular weight is 309 g/mol. The van der Waals surface area contributed by atoms with Gasteiger partial charge < -0.3 is 0 Å². The molecule has 3 amide bonds. The van der Waals surface area contributed by atoms with Gasteiger partial charge in [0.15, 0.2) is 0 Å². The molecule has 0 unspecified atom stereocenters. The largest absolute Gasteiger partial charge is 0.328 e. The highest BCUT2D eigenvalue weighted by Gasteiger charge is 2.24. The van der Waals surface area contributed by atoms with Gasteiger partial charge >= 0.3 is 6.03 Å². The van der Waals surface area contributed by atoms with Crippen LogP contribution in [0.2, 0.25) is 0 Å². The molecule has 3 rings (SSSR count). The van der Waals surface area contributed by atoms with E-state index in [2.05, 4.69) is 26.3 Å². The Kier molecular flexibility index (Phi) is 2.55. The van der Waals surface area contributed by atoms with Gasteiger partial charge in [-0.15, -0.1) is 0 Å². The number of imide groups is 1. The van der Waals surface area contributed by atoms with Crippen LogP contribution in [0.15, 0.2) is 29.0 Å². The van der Waals surface area contributed by atoms with E-state index in [9.17, 15) is 9.59 Å². The molecule has 1 saturated heterocycles. The van der Waals surface area contributed by atoms with Gasteiger partial charge in [-0.25, -0.2) is 9.31 Å². The first-order chi connectivity index (χ1) is 8.63. The maximum absolute atomic E-state index is 11.7. The van der Waals surface area contributed by atoms with E-state index in [-0.39, 0.29) is 5.91 Å². The van der Waals surface area contributed by atoms with Crippen molar-refractivity contribution < 1.29 is 9.59 Å².